The normalized spacial score (nSPS) is 20.7. The zero-order chi connectivity index (χ0) is 15.6. The molecule has 1 aliphatic heterocycles. The summed E-state index contributed by atoms with van der Waals surface area (Å²) < 4.78 is 0. The van der Waals surface area contributed by atoms with E-state index in [0.717, 1.165) is 16.0 Å². The standard InChI is InChI=1S/C11H15N3O6/c1-5(15)7(10(18)19)12-4-6-8(16)13(2)11(20)14(3)9(6)17/h4-7,15H,1-3H3,(H,18,19)/p-1/t5-,7+/m1/s1. The summed E-state index contributed by atoms with van der Waals surface area (Å²) in [5.74, 6) is -4.66. The van der Waals surface area contributed by atoms with Crippen LogP contribution >= 0.6 is 0 Å². The number of barbiturate groups is 1. The van der Waals surface area contributed by atoms with Crippen LogP contribution in [0.4, 0.5) is 4.79 Å². The molecule has 1 rings (SSSR count). The number of hydrogen-bond donors (Lipinski definition) is 1. The Hall–Kier alpha value is -2.29. The van der Waals surface area contributed by atoms with Gasteiger partial charge in [0.15, 0.2) is 5.92 Å². The molecule has 4 amide bonds. The van der Waals surface area contributed by atoms with Crippen molar-refractivity contribution in [3.05, 3.63) is 0 Å². The monoisotopic (exact) mass is 284 g/mol. The van der Waals surface area contributed by atoms with Crippen molar-refractivity contribution in [2.24, 2.45) is 10.9 Å². The molecule has 2 atom stereocenters. The number of imide groups is 2. The largest absolute Gasteiger partial charge is 0.548 e. The predicted molar refractivity (Wildman–Crippen MR) is 63.4 cm³/mol. The van der Waals surface area contributed by atoms with E-state index in [1.54, 1.807) is 0 Å². The molecule has 0 radical (unpaired) electrons. The van der Waals surface area contributed by atoms with Crippen LogP contribution in [-0.4, -0.2) is 71.2 Å². The second-order valence-electron chi connectivity index (χ2n) is 4.36. The number of aliphatic carboxylic acids is 1. The number of amides is 4. The van der Waals surface area contributed by atoms with Gasteiger partial charge >= 0.3 is 6.03 Å². The van der Waals surface area contributed by atoms with Gasteiger partial charge in [-0.1, -0.05) is 0 Å². The van der Waals surface area contributed by atoms with Gasteiger partial charge in [-0.05, 0) is 6.92 Å². The second-order valence-corrected chi connectivity index (χ2v) is 4.36. The lowest BCUT2D eigenvalue weighted by Crippen LogP contribution is -2.57. The number of rotatable bonds is 4. The number of hydrogen-bond acceptors (Lipinski definition) is 7. The molecule has 0 bridgehead atoms. The molecule has 0 aliphatic carbocycles. The highest BCUT2D eigenvalue weighted by Crippen LogP contribution is 2.14. The van der Waals surface area contributed by atoms with Crippen LogP contribution in [0.1, 0.15) is 6.92 Å². The zero-order valence-electron chi connectivity index (χ0n) is 11.1. The van der Waals surface area contributed by atoms with Crippen LogP contribution in [0.25, 0.3) is 0 Å². The van der Waals surface area contributed by atoms with Crippen molar-refractivity contribution in [2.45, 2.75) is 19.1 Å². The van der Waals surface area contributed by atoms with Gasteiger partial charge in [0, 0.05) is 20.3 Å². The van der Waals surface area contributed by atoms with E-state index in [9.17, 15) is 29.4 Å². The van der Waals surface area contributed by atoms with Crippen LogP contribution in [-0.2, 0) is 14.4 Å². The minimum Gasteiger partial charge on any atom is -0.548 e. The third-order valence-corrected chi connectivity index (χ3v) is 2.86. The molecule has 0 saturated carbocycles. The maximum atomic E-state index is 11.8. The molecular formula is C11H14N3O6-. The van der Waals surface area contributed by atoms with Gasteiger partial charge in [-0.25, -0.2) is 4.79 Å². The highest BCUT2D eigenvalue weighted by molar-refractivity contribution is 6.23. The lowest BCUT2D eigenvalue weighted by molar-refractivity contribution is -0.309. The van der Waals surface area contributed by atoms with E-state index in [1.807, 2.05) is 0 Å². The van der Waals surface area contributed by atoms with Crippen LogP contribution in [0.15, 0.2) is 4.99 Å². The lowest BCUT2D eigenvalue weighted by atomic mass is 10.1. The second kappa shape index (κ2) is 5.78. The van der Waals surface area contributed by atoms with Gasteiger partial charge in [-0.3, -0.25) is 24.4 Å². The Bertz CT molecular complexity index is 463. The van der Waals surface area contributed by atoms with E-state index >= 15 is 0 Å². The van der Waals surface area contributed by atoms with Crippen LogP contribution in [0.5, 0.6) is 0 Å². The predicted octanol–water partition coefficient (Wildman–Crippen LogP) is -2.78. The summed E-state index contributed by atoms with van der Waals surface area (Å²) in [5.41, 5.74) is 0. The zero-order valence-corrected chi connectivity index (χ0v) is 11.1. The number of nitrogens with zero attached hydrogens (tertiary/aromatic N) is 3. The Morgan fingerprint density at radius 3 is 2.10 bits per heavy atom. The average Bonchev–Trinajstić information content (AvgIpc) is 2.37. The first-order chi connectivity index (χ1) is 9.18. The van der Waals surface area contributed by atoms with E-state index in [0.29, 0.717) is 0 Å². The molecule has 20 heavy (non-hydrogen) atoms. The third kappa shape index (κ3) is 2.82. The molecule has 9 nitrogen and oxygen atoms in total. The molecule has 1 saturated heterocycles. The minimum atomic E-state index is -1.63. The van der Waals surface area contributed by atoms with Crippen LogP contribution in [0, 0.1) is 5.92 Å². The summed E-state index contributed by atoms with van der Waals surface area (Å²) >= 11 is 0. The topological polar surface area (TPSA) is 130 Å². The molecule has 0 aromatic carbocycles. The number of carbonyl (C=O) groups excluding carboxylic acids is 4. The van der Waals surface area contributed by atoms with E-state index in [1.165, 1.54) is 21.0 Å². The van der Waals surface area contributed by atoms with Crippen LogP contribution < -0.4 is 5.11 Å². The fourth-order valence-electron chi connectivity index (χ4n) is 1.63. The molecule has 0 unspecified atom stereocenters. The summed E-state index contributed by atoms with van der Waals surface area (Å²) in [6, 6.07) is -2.37. The smallest absolute Gasteiger partial charge is 0.332 e. The summed E-state index contributed by atoms with van der Waals surface area (Å²) in [7, 11) is 2.39. The Balaban J connectivity index is 3.00. The van der Waals surface area contributed by atoms with E-state index in [2.05, 4.69) is 4.99 Å². The van der Waals surface area contributed by atoms with Crippen molar-refractivity contribution in [2.75, 3.05) is 14.1 Å². The minimum absolute atomic E-state index is 0.731. The van der Waals surface area contributed by atoms with Crippen molar-refractivity contribution in [1.29, 1.82) is 0 Å². The number of carboxylic acid groups (broad SMARTS) is 1. The number of aliphatic imine (C=N–C) groups is 1. The van der Waals surface area contributed by atoms with Crippen molar-refractivity contribution in [3.8, 4) is 0 Å². The van der Waals surface area contributed by atoms with E-state index in [-0.39, 0.29) is 0 Å². The van der Waals surface area contributed by atoms with Crippen LogP contribution in [0.2, 0.25) is 0 Å². The number of aliphatic hydroxyl groups is 1. The quantitative estimate of drug-likeness (QED) is 0.439. The average molecular weight is 284 g/mol. The fourth-order valence-corrected chi connectivity index (χ4v) is 1.63. The van der Waals surface area contributed by atoms with Gasteiger partial charge < -0.3 is 15.0 Å². The highest BCUT2D eigenvalue weighted by atomic mass is 16.4. The summed E-state index contributed by atoms with van der Waals surface area (Å²) in [6.45, 7) is 1.18. The van der Waals surface area contributed by atoms with Crippen molar-refractivity contribution in [3.63, 3.8) is 0 Å². The van der Waals surface area contributed by atoms with Crippen LogP contribution in [0.3, 0.4) is 0 Å². The Morgan fingerprint density at radius 1 is 1.30 bits per heavy atom. The van der Waals surface area contributed by atoms with Gasteiger partial charge in [0.05, 0.1) is 12.1 Å². The van der Waals surface area contributed by atoms with E-state index < -0.39 is 41.9 Å². The van der Waals surface area contributed by atoms with E-state index in [4.69, 9.17) is 0 Å². The lowest BCUT2D eigenvalue weighted by Gasteiger charge is -2.31. The number of carbonyl (C=O) groups is 4. The van der Waals surface area contributed by atoms with Crippen molar-refractivity contribution < 1.29 is 29.4 Å². The maximum Gasteiger partial charge on any atom is 0.332 e. The molecule has 1 fully saturated rings. The summed E-state index contributed by atoms with van der Waals surface area (Å²) in [4.78, 5) is 50.7. The Kier molecular flexibility index (Phi) is 4.56. The number of urea groups is 1. The first kappa shape index (κ1) is 15.8. The van der Waals surface area contributed by atoms with Crippen molar-refractivity contribution >= 4 is 30.0 Å². The Labute approximate surface area is 114 Å². The summed E-state index contributed by atoms with van der Waals surface area (Å²) in [5, 5.41) is 19.9. The Morgan fingerprint density at radius 2 is 1.75 bits per heavy atom. The van der Waals surface area contributed by atoms with Gasteiger partial charge in [-0.2, -0.15) is 0 Å². The first-order valence-electron chi connectivity index (χ1n) is 5.69. The van der Waals surface area contributed by atoms with Gasteiger partial charge in [0.25, 0.3) is 0 Å². The molecule has 0 aromatic heterocycles. The molecule has 1 aliphatic rings. The third-order valence-electron chi connectivity index (χ3n) is 2.86. The molecule has 0 aromatic rings. The molecule has 1 N–H and O–H groups in total. The molecule has 9 heteroatoms. The van der Waals surface area contributed by atoms with Gasteiger partial charge in [-0.15, -0.1) is 0 Å². The SMILES string of the molecule is C[C@@H](O)[C@H](N=CC1C(=O)N(C)C(=O)N(C)C1=O)C(=O)[O-]. The number of aliphatic hydroxyl groups excluding tert-OH is 1. The molecule has 1 heterocycles. The maximum absolute atomic E-state index is 11.8. The fraction of sp³-hybridized carbons (Fsp3) is 0.545. The molecular weight excluding hydrogens is 270 g/mol. The highest BCUT2D eigenvalue weighted by Gasteiger charge is 2.41. The summed E-state index contributed by atoms with van der Waals surface area (Å²) in [6.07, 6.45) is -0.528. The van der Waals surface area contributed by atoms with Gasteiger partial charge in [0.2, 0.25) is 11.8 Å². The molecule has 0 spiro atoms. The molecule has 110 valence electrons. The van der Waals surface area contributed by atoms with Crippen molar-refractivity contribution in [1.82, 2.24) is 9.80 Å². The first-order valence-corrected chi connectivity index (χ1v) is 5.69. The number of carboxylic acids is 1. The van der Waals surface area contributed by atoms with Gasteiger partial charge in [0.1, 0.15) is 6.04 Å².